The summed E-state index contributed by atoms with van der Waals surface area (Å²) >= 11 is 0. The molecular weight excluding hydrogens is 223 g/mol. The lowest BCUT2D eigenvalue weighted by atomic mass is 9.87. The van der Waals surface area contributed by atoms with Crippen LogP contribution in [0.15, 0.2) is 71.7 Å². The zero-order chi connectivity index (χ0) is 13.5. The van der Waals surface area contributed by atoms with E-state index in [2.05, 4.69) is 6.58 Å². The molecule has 1 aliphatic rings. The lowest BCUT2D eigenvalue weighted by Gasteiger charge is -2.20. The first-order chi connectivity index (χ1) is 8.61. The van der Waals surface area contributed by atoms with Gasteiger partial charge in [-0.15, -0.1) is 0 Å². The zero-order valence-electron chi connectivity index (χ0n) is 11.4. The lowest BCUT2D eigenvalue weighted by molar-refractivity contribution is 0.505. The quantitative estimate of drug-likeness (QED) is 0.577. The summed E-state index contributed by atoms with van der Waals surface area (Å²) in [6, 6.07) is 0. The Kier molecular flexibility index (Phi) is 5.57. The molecule has 0 bridgehead atoms. The minimum absolute atomic E-state index is 0.0484. The first kappa shape index (κ1) is 14.4. The monoisotopic (exact) mass is 244 g/mol. The lowest BCUT2D eigenvalue weighted by Crippen LogP contribution is -2.07. The predicted molar refractivity (Wildman–Crippen MR) is 77.9 cm³/mol. The largest absolute Gasteiger partial charge is 0.211 e. The molecule has 1 aliphatic carbocycles. The van der Waals surface area contributed by atoms with E-state index in [1.54, 1.807) is 18.2 Å². The van der Waals surface area contributed by atoms with Crippen molar-refractivity contribution in [1.82, 2.24) is 0 Å². The molecule has 0 aromatic carbocycles. The Balaban J connectivity index is 3.10. The van der Waals surface area contributed by atoms with E-state index < -0.39 is 0 Å². The Morgan fingerprint density at radius 2 is 2.17 bits per heavy atom. The fourth-order valence-corrected chi connectivity index (χ4v) is 2.09. The minimum atomic E-state index is -0.117. The average molecular weight is 244 g/mol. The molecule has 18 heavy (non-hydrogen) atoms. The SMILES string of the molecule is C=C/C=C(\C=C/C)C(/C)=C(/C)C1CC=CC=C1F. The van der Waals surface area contributed by atoms with E-state index in [1.807, 2.05) is 45.1 Å². The predicted octanol–water partition coefficient (Wildman–Crippen LogP) is 5.44. The number of hydrogen-bond acceptors (Lipinski definition) is 0. The third-order valence-electron chi connectivity index (χ3n) is 3.29. The highest BCUT2D eigenvalue weighted by Gasteiger charge is 2.19. The van der Waals surface area contributed by atoms with Gasteiger partial charge in [0.15, 0.2) is 0 Å². The molecular formula is C17H21F. The summed E-state index contributed by atoms with van der Waals surface area (Å²) in [4.78, 5) is 0. The molecule has 1 rings (SSSR count). The van der Waals surface area contributed by atoms with Crippen LogP contribution in [0.4, 0.5) is 4.39 Å². The highest BCUT2D eigenvalue weighted by molar-refractivity contribution is 5.44. The van der Waals surface area contributed by atoms with Crippen molar-refractivity contribution in [1.29, 1.82) is 0 Å². The Hall–Kier alpha value is -1.63. The normalized spacial score (nSPS) is 21.9. The van der Waals surface area contributed by atoms with Gasteiger partial charge in [0.05, 0.1) is 0 Å². The second kappa shape index (κ2) is 6.95. The second-order valence-corrected chi connectivity index (χ2v) is 4.43. The molecule has 1 unspecified atom stereocenters. The van der Waals surface area contributed by atoms with E-state index >= 15 is 0 Å². The molecule has 0 spiro atoms. The summed E-state index contributed by atoms with van der Waals surface area (Å²) in [6.45, 7) is 9.74. The van der Waals surface area contributed by atoms with Gasteiger partial charge in [-0.2, -0.15) is 0 Å². The Morgan fingerprint density at radius 3 is 2.72 bits per heavy atom. The summed E-state index contributed by atoms with van der Waals surface area (Å²) in [5.74, 6) is -0.166. The third-order valence-corrected chi connectivity index (χ3v) is 3.29. The summed E-state index contributed by atoms with van der Waals surface area (Å²) in [7, 11) is 0. The van der Waals surface area contributed by atoms with E-state index in [0.717, 1.165) is 23.1 Å². The molecule has 0 amide bonds. The zero-order valence-corrected chi connectivity index (χ0v) is 11.4. The van der Waals surface area contributed by atoms with E-state index in [0.29, 0.717) is 0 Å². The number of hydrogen-bond donors (Lipinski definition) is 0. The van der Waals surface area contributed by atoms with Crippen LogP contribution in [-0.4, -0.2) is 0 Å². The highest BCUT2D eigenvalue weighted by atomic mass is 19.1. The summed E-state index contributed by atoms with van der Waals surface area (Å²) < 4.78 is 13.8. The van der Waals surface area contributed by atoms with Gasteiger partial charge < -0.3 is 0 Å². The molecule has 1 heteroatoms. The van der Waals surface area contributed by atoms with Gasteiger partial charge >= 0.3 is 0 Å². The molecule has 0 nitrogen and oxygen atoms in total. The first-order valence-electron chi connectivity index (χ1n) is 6.27. The van der Waals surface area contributed by atoms with Gasteiger partial charge in [-0.3, -0.25) is 0 Å². The maximum absolute atomic E-state index is 13.8. The molecule has 0 saturated carbocycles. The van der Waals surface area contributed by atoms with Crippen LogP contribution in [0.1, 0.15) is 27.2 Å². The molecule has 0 saturated heterocycles. The average Bonchev–Trinajstić information content (AvgIpc) is 2.37. The van der Waals surface area contributed by atoms with E-state index in [9.17, 15) is 4.39 Å². The second-order valence-electron chi connectivity index (χ2n) is 4.43. The van der Waals surface area contributed by atoms with Crippen molar-refractivity contribution in [2.24, 2.45) is 5.92 Å². The van der Waals surface area contributed by atoms with Crippen LogP contribution >= 0.6 is 0 Å². The van der Waals surface area contributed by atoms with E-state index in [4.69, 9.17) is 0 Å². The summed E-state index contributed by atoms with van der Waals surface area (Å²) in [5.41, 5.74) is 3.29. The summed E-state index contributed by atoms with van der Waals surface area (Å²) in [5, 5.41) is 0. The third kappa shape index (κ3) is 3.43. The van der Waals surface area contributed by atoms with Crippen LogP contribution in [0.2, 0.25) is 0 Å². The van der Waals surface area contributed by atoms with Gasteiger partial charge in [-0.05, 0) is 44.4 Å². The van der Waals surface area contributed by atoms with Gasteiger partial charge in [0, 0.05) is 5.92 Å². The fraction of sp³-hybridized carbons (Fsp3) is 0.294. The van der Waals surface area contributed by atoms with E-state index in [1.165, 1.54) is 0 Å². The van der Waals surface area contributed by atoms with Crippen LogP contribution < -0.4 is 0 Å². The van der Waals surface area contributed by atoms with Crippen molar-refractivity contribution < 1.29 is 4.39 Å². The maximum atomic E-state index is 13.8. The molecule has 0 aromatic heterocycles. The Labute approximate surface area is 110 Å². The highest BCUT2D eigenvalue weighted by Crippen LogP contribution is 2.32. The van der Waals surface area contributed by atoms with Crippen LogP contribution in [0.25, 0.3) is 0 Å². The van der Waals surface area contributed by atoms with Gasteiger partial charge in [-0.1, -0.05) is 48.6 Å². The van der Waals surface area contributed by atoms with Crippen molar-refractivity contribution in [2.75, 3.05) is 0 Å². The molecule has 0 fully saturated rings. The van der Waals surface area contributed by atoms with Crippen molar-refractivity contribution in [3.8, 4) is 0 Å². The molecule has 0 aromatic rings. The molecule has 0 aliphatic heterocycles. The molecule has 1 atom stereocenters. The van der Waals surface area contributed by atoms with Crippen molar-refractivity contribution in [2.45, 2.75) is 27.2 Å². The standard InChI is InChI=1S/C17H21F/c1-5-9-15(10-6-2)13(3)14(4)16-11-7-8-12-17(16)18/h5-10,12,16H,1,11H2,2-4H3/b10-6-,14-13-,15-9+. The van der Waals surface area contributed by atoms with Gasteiger partial charge in [0.1, 0.15) is 5.83 Å². The Bertz CT molecular complexity index is 456. The Morgan fingerprint density at radius 1 is 1.44 bits per heavy atom. The van der Waals surface area contributed by atoms with Crippen LogP contribution in [0.5, 0.6) is 0 Å². The van der Waals surface area contributed by atoms with Crippen LogP contribution in [0.3, 0.4) is 0 Å². The maximum Gasteiger partial charge on any atom is 0.107 e. The van der Waals surface area contributed by atoms with E-state index in [-0.39, 0.29) is 11.7 Å². The summed E-state index contributed by atoms with van der Waals surface area (Å²) in [6.07, 6.45) is 13.8. The minimum Gasteiger partial charge on any atom is -0.211 e. The van der Waals surface area contributed by atoms with Crippen molar-refractivity contribution in [3.63, 3.8) is 0 Å². The number of halogens is 1. The smallest absolute Gasteiger partial charge is 0.107 e. The van der Waals surface area contributed by atoms with Crippen LogP contribution in [-0.2, 0) is 0 Å². The number of rotatable bonds is 4. The van der Waals surface area contributed by atoms with Crippen molar-refractivity contribution >= 4 is 0 Å². The van der Waals surface area contributed by atoms with Gasteiger partial charge in [0.25, 0.3) is 0 Å². The first-order valence-corrected chi connectivity index (χ1v) is 6.27. The van der Waals surface area contributed by atoms with Gasteiger partial charge in [-0.25, -0.2) is 4.39 Å². The topological polar surface area (TPSA) is 0 Å². The molecule has 0 heterocycles. The fourth-order valence-electron chi connectivity index (χ4n) is 2.09. The molecule has 0 radical (unpaired) electrons. The van der Waals surface area contributed by atoms with Crippen molar-refractivity contribution in [3.05, 3.63) is 71.7 Å². The number of allylic oxidation sites excluding steroid dienone is 11. The molecule has 96 valence electrons. The molecule has 0 N–H and O–H groups in total. The van der Waals surface area contributed by atoms with Crippen LogP contribution in [0, 0.1) is 5.92 Å². The van der Waals surface area contributed by atoms with Gasteiger partial charge in [0.2, 0.25) is 0 Å².